The summed E-state index contributed by atoms with van der Waals surface area (Å²) in [6, 6.07) is 14.5. The molecule has 0 saturated heterocycles. The summed E-state index contributed by atoms with van der Waals surface area (Å²) in [6.07, 6.45) is 13.6. The van der Waals surface area contributed by atoms with Gasteiger partial charge in [-0.2, -0.15) is 0 Å². The number of sulfone groups is 1. The first-order chi connectivity index (χ1) is 16.4. The number of carbonyl (C=O) groups excluding carboxylic acids is 2. The lowest BCUT2D eigenvalue weighted by Gasteiger charge is -2.17. The van der Waals surface area contributed by atoms with Crippen LogP contribution in [-0.4, -0.2) is 25.6 Å². The Bertz CT molecular complexity index is 981. The molecule has 0 amide bonds. The van der Waals surface area contributed by atoms with Gasteiger partial charge in [0, 0.05) is 12.5 Å². The van der Waals surface area contributed by atoms with Crippen LogP contribution < -0.4 is 0 Å². The second-order valence-corrected chi connectivity index (χ2v) is 10.8. The van der Waals surface area contributed by atoms with Gasteiger partial charge in [-0.1, -0.05) is 107 Å². The minimum absolute atomic E-state index is 0.0325. The number of esters is 1. The molecule has 0 aliphatic carbocycles. The van der Waals surface area contributed by atoms with Crippen molar-refractivity contribution < 1.29 is 22.7 Å². The normalized spacial score (nSPS) is 12.3. The molecule has 0 fully saturated rings. The summed E-state index contributed by atoms with van der Waals surface area (Å²) in [6.45, 7) is 3.33. The van der Waals surface area contributed by atoms with Crippen LogP contribution in [-0.2, 0) is 25.8 Å². The minimum Gasteiger partial charge on any atom is -0.437 e. The van der Waals surface area contributed by atoms with Crippen molar-refractivity contribution >= 4 is 21.6 Å². The molecule has 0 bridgehead atoms. The summed E-state index contributed by atoms with van der Waals surface area (Å²) in [5.74, 6) is -1.58. The summed E-state index contributed by atoms with van der Waals surface area (Å²) in [4.78, 5) is 24.3. The molecule has 1 atom stereocenters. The van der Waals surface area contributed by atoms with Crippen molar-refractivity contribution in [1.29, 1.82) is 0 Å². The van der Waals surface area contributed by atoms with E-state index in [2.05, 4.69) is 6.92 Å². The molecule has 6 heteroatoms. The van der Waals surface area contributed by atoms with E-state index in [1.165, 1.54) is 75.6 Å². The van der Waals surface area contributed by atoms with Crippen LogP contribution in [0.4, 0.5) is 0 Å². The second kappa shape index (κ2) is 14.7. The maximum atomic E-state index is 13.1. The highest BCUT2D eigenvalue weighted by molar-refractivity contribution is 7.92. The van der Waals surface area contributed by atoms with Crippen molar-refractivity contribution in [2.75, 3.05) is 0 Å². The Morgan fingerprint density at radius 1 is 0.765 bits per heavy atom. The molecule has 34 heavy (non-hydrogen) atoms. The fourth-order valence-electron chi connectivity index (χ4n) is 3.93. The number of hydrogen-bond acceptors (Lipinski definition) is 5. The largest absolute Gasteiger partial charge is 0.437 e. The molecule has 0 radical (unpaired) electrons. The maximum Gasteiger partial charge on any atom is 0.304 e. The Balaban J connectivity index is 1.90. The minimum atomic E-state index is -4.20. The Morgan fingerprint density at radius 2 is 1.29 bits per heavy atom. The average molecular weight is 487 g/mol. The summed E-state index contributed by atoms with van der Waals surface area (Å²) >= 11 is 0. The van der Waals surface area contributed by atoms with Crippen LogP contribution in [0.1, 0.15) is 94.0 Å². The summed E-state index contributed by atoms with van der Waals surface area (Å²) < 4.78 is 31.3. The fourth-order valence-corrected chi connectivity index (χ4v) is 5.38. The summed E-state index contributed by atoms with van der Waals surface area (Å²) in [5, 5.41) is 0. The van der Waals surface area contributed by atoms with Gasteiger partial charge in [0.25, 0.3) is 5.44 Å². The molecule has 2 rings (SSSR count). The Labute approximate surface area is 204 Å². The van der Waals surface area contributed by atoms with E-state index in [0.29, 0.717) is 0 Å². The van der Waals surface area contributed by atoms with E-state index in [-0.39, 0.29) is 10.5 Å². The van der Waals surface area contributed by atoms with Crippen LogP contribution >= 0.6 is 0 Å². The first-order valence-electron chi connectivity index (χ1n) is 12.5. The number of rotatable bonds is 16. The van der Waals surface area contributed by atoms with Crippen molar-refractivity contribution in [2.45, 2.75) is 94.8 Å². The molecule has 186 valence electrons. The third-order valence-electron chi connectivity index (χ3n) is 5.90. The number of unbranched alkanes of at least 4 members (excludes halogenated alkanes) is 9. The Morgan fingerprint density at radius 3 is 1.82 bits per heavy atom. The van der Waals surface area contributed by atoms with Crippen LogP contribution in [0.15, 0.2) is 59.5 Å². The van der Waals surface area contributed by atoms with Crippen molar-refractivity contribution in [3.63, 3.8) is 0 Å². The molecule has 2 aromatic carbocycles. The highest BCUT2D eigenvalue weighted by Gasteiger charge is 2.37. The van der Waals surface area contributed by atoms with E-state index < -0.39 is 27.0 Å². The van der Waals surface area contributed by atoms with E-state index in [1.54, 1.807) is 30.3 Å². The zero-order valence-electron chi connectivity index (χ0n) is 20.5. The lowest BCUT2D eigenvalue weighted by Crippen LogP contribution is -2.34. The standard InChI is InChI=1S/C28H38O5S/c1-3-4-5-6-7-8-9-10-11-13-16-24-19-21-26(22-20-24)34(31,32)28(33-23(2)29)27(30)25-17-14-12-15-18-25/h12,14-15,17-22,28H,3-11,13,16H2,1-2H3. The van der Waals surface area contributed by atoms with Crippen LogP contribution in [0.5, 0.6) is 0 Å². The molecule has 2 aromatic rings. The lowest BCUT2D eigenvalue weighted by atomic mass is 10.0. The molecule has 0 heterocycles. The summed E-state index contributed by atoms with van der Waals surface area (Å²) in [7, 11) is -4.20. The number of benzene rings is 2. The quantitative estimate of drug-likeness (QED) is 0.150. The third-order valence-corrected chi connectivity index (χ3v) is 7.70. The average Bonchev–Trinajstić information content (AvgIpc) is 2.84. The third kappa shape index (κ3) is 9.05. The number of ketones is 1. The van der Waals surface area contributed by atoms with Gasteiger partial charge in [0.1, 0.15) is 0 Å². The van der Waals surface area contributed by atoms with E-state index in [9.17, 15) is 18.0 Å². The molecular formula is C28H38O5S. The van der Waals surface area contributed by atoms with Crippen LogP contribution in [0, 0.1) is 0 Å². The Hall–Kier alpha value is -2.47. The van der Waals surface area contributed by atoms with Crippen LogP contribution in [0.25, 0.3) is 0 Å². The van der Waals surface area contributed by atoms with E-state index in [4.69, 9.17) is 4.74 Å². The van der Waals surface area contributed by atoms with Gasteiger partial charge in [-0.3, -0.25) is 9.59 Å². The Kier molecular flexibility index (Phi) is 12.0. The zero-order chi connectivity index (χ0) is 24.8. The van der Waals surface area contributed by atoms with E-state index in [1.807, 2.05) is 0 Å². The fraction of sp³-hybridized carbons (Fsp3) is 0.500. The van der Waals surface area contributed by atoms with Crippen molar-refractivity contribution in [1.82, 2.24) is 0 Å². The number of ether oxygens (including phenoxy) is 1. The number of carbonyl (C=O) groups is 2. The van der Waals surface area contributed by atoms with Crippen molar-refractivity contribution in [2.24, 2.45) is 0 Å². The molecule has 0 aromatic heterocycles. The van der Waals surface area contributed by atoms with Gasteiger partial charge in [-0.25, -0.2) is 8.42 Å². The van der Waals surface area contributed by atoms with Gasteiger partial charge in [0.15, 0.2) is 0 Å². The van der Waals surface area contributed by atoms with Crippen LogP contribution in [0.3, 0.4) is 0 Å². The first-order valence-corrected chi connectivity index (χ1v) is 14.0. The van der Waals surface area contributed by atoms with Crippen molar-refractivity contribution in [3.05, 3.63) is 65.7 Å². The van der Waals surface area contributed by atoms with Crippen LogP contribution in [0.2, 0.25) is 0 Å². The zero-order valence-corrected chi connectivity index (χ0v) is 21.3. The molecule has 0 N–H and O–H groups in total. The molecule has 5 nitrogen and oxygen atoms in total. The van der Waals surface area contributed by atoms with E-state index >= 15 is 0 Å². The van der Waals surface area contributed by atoms with E-state index in [0.717, 1.165) is 31.7 Å². The highest BCUT2D eigenvalue weighted by atomic mass is 32.2. The molecule has 0 spiro atoms. The van der Waals surface area contributed by atoms with Gasteiger partial charge < -0.3 is 4.74 Å². The number of hydrogen-bond donors (Lipinski definition) is 0. The first kappa shape index (κ1) is 27.8. The monoisotopic (exact) mass is 486 g/mol. The predicted molar refractivity (Wildman–Crippen MR) is 136 cm³/mol. The van der Waals surface area contributed by atoms with Gasteiger partial charge in [0.2, 0.25) is 15.6 Å². The number of aryl methyl sites for hydroxylation is 1. The topological polar surface area (TPSA) is 77.5 Å². The van der Waals surface area contributed by atoms with Gasteiger partial charge in [-0.05, 0) is 30.5 Å². The number of Topliss-reactive ketones (excluding diaryl/α,β-unsaturated/α-hetero) is 1. The van der Waals surface area contributed by atoms with Gasteiger partial charge >= 0.3 is 5.97 Å². The van der Waals surface area contributed by atoms with Crippen molar-refractivity contribution in [3.8, 4) is 0 Å². The SMILES string of the molecule is CCCCCCCCCCCCc1ccc(S(=O)(=O)C(OC(C)=O)C(=O)c2ccccc2)cc1. The molecular weight excluding hydrogens is 448 g/mol. The molecule has 1 unspecified atom stereocenters. The second-order valence-electron chi connectivity index (χ2n) is 8.79. The smallest absolute Gasteiger partial charge is 0.304 e. The van der Waals surface area contributed by atoms with Gasteiger partial charge in [-0.15, -0.1) is 0 Å². The lowest BCUT2D eigenvalue weighted by molar-refractivity contribution is -0.141. The highest BCUT2D eigenvalue weighted by Crippen LogP contribution is 2.22. The molecule has 0 saturated carbocycles. The molecule has 0 aliphatic heterocycles. The summed E-state index contributed by atoms with van der Waals surface area (Å²) in [5.41, 5.74) is -0.674. The maximum absolute atomic E-state index is 13.1. The molecule has 0 aliphatic rings. The predicted octanol–water partition coefficient (Wildman–Crippen LogP) is 6.70. The van der Waals surface area contributed by atoms with Gasteiger partial charge in [0.05, 0.1) is 4.90 Å².